The summed E-state index contributed by atoms with van der Waals surface area (Å²) in [5, 5.41) is 12.4. The Hall–Kier alpha value is -2.04. The van der Waals surface area contributed by atoms with Gasteiger partial charge in [-0.05, 0) is 59.4 Å². The molecule has 3 rings (SSSR count). The number of carboxylic acids is 1. The van der Waals surface area contributed by atoms with Crippen LogP contribution in [0.4, 0.5) is 0 Å². The number of fused-ring (bicyclic) bond motifs is 1. The van der Waals surface area contributed by atoms with Gasteiger partial charge in [-0.3, -0.25) is 10.1 Å². The standard InChI is InChI=1S/C24H31NO3.ClH/c1-24(2,3)16-28-21-12-11-18-13-20(10-9-19(18)14-21)23(25-15-22(26)27)17-7-5-4-6-8-17;/h4-8,11-12,14,20,23,25H,9-10,13,15-16H2,1-3H3,(H,26,27);1H. The number of rotatable bonds is 7. The zero-order valence-electron chi connectivity index (χ0n) is 17.5. The Kier molecular flexibility index (Phi) is 8.12. The number of benzene rings is 2. The van der Waals surface area contributed by atoms with Crippen LogP contribution in [0.25, 0.3) is 0 Å². The minimum atomic E-state index is -0.822. The second-order valence-corrected chi connectivity index (χ2v) is 8.95. The van der Waals surface area contributed by atoms with E-state index in [0.717, 1.165) is 30.6 Å². The summed E-state index contributed by atoms with van der Waals surface area (Å²) in [5.41, 5.74) is 3.99. The Morgan fingerprint density at radius 3 is 2.55 bits per heavy atom. The maximum absolute atomic E-state index is 11.1. The zero-order chi connectivity index (χ0) is 20.1. The van der Waals surface area contributed by atoms with Gasteiger partial charge >= 0.3 is 5.97 Å². The Labute approximate surface area is 180 Å². The van der Waals surface area contributed by atoms with E-state index in [1.165, 1.54) is 11.1 Å². The molecule has 2 aromatic rings. The summed E-state index contributed by atoms with van der Waals surface area (Å²) in [6.45, 7) is 7.18. The van der Waals surface area contributed by atoms with Crippen molar-refractivity contribution in [2.45, 2.75) is 46.1 Å². The third-order valence-electron chi connectivity index (χ3n) is 5.22. The fraction of sp³-hybridized carbons (Fsp3) is 0.458. The first kappa shape index (κ1) is 23.2. The number of aryl methyl sites for hydroxylation is 1. The molecule has 0 saturated carbocycles. The Balaban J connectivity index is 0.00000300. The van der Waals surface area contributed by atoms with Gasteiger partial charge in [0.05, 0.1) is 13.2 Å². The summed E-state index contributed by atoms with van der Waals surface area (Å²) < 4.78 is 5.97. The highest BCUT2D eigenvalue weighted by Crippen LogP contribution is 2.35. The number of hydrogen-bond donors (Lipinski definition) is 2. The molecule has 29 heavy (non-hydrogen) atoms. The number of ether oxygens (including phenoxy) is 1. The minimum Gasteiger partial charge on any atom is -0.493 e. The van der Waals surface area contributed by atoms with Gasteiger partial charge in [0.1, 0.15) is 5.75 Å². The number of carboxylic acid groups (broad SMARTS) is 1. The van der Waals surface area contributed by atoms with Gasteiger partial charge in [0.2, 0.25) is 0 Å². The van der Waals surface area contributed by atoms with Crippen LogP contribution in [0, 0.1) is 11.3 Å². The number of nitrogens with one attached hydrogen (secondary N) is 1. The summed E-state index contributed by atoms with van der Waals surface area (Å²) >= 11 is 0. The van der Waals surface area contributed by atoms with Crippen LogP contribution in [0.1, 0.15) is 49.9 Å². The topological polar surface area (TPSA) is 58.6 Å². The molecule has 2 atom stereocenters. The van der Waals surface area contributed by atoms with E-state index >= 15 is 0 Å². The molecule has 0 radical (unpaired) electrons. The molecular formula is C24H32ClNO3. The summed E-state index contributed by atoms with van der Waals surface area (Å²) in [4.78, 5) is 11.1. The van der Waals surface area contributed by atoms with Crippen LogP contribution in [0.5, 0.6) is 5.75 Å². The summed E-state index contributed by atoms with van der Waals surface area (Å²) in [5.74, 6) is 0.490. The van der Waals surface area contributed by atoms with Crippen LogP contribution in [-0.2, 0) is 17.6 Å². The van der Waals surface area contributed by atoms with Crippen LogP contribution in [-0.4, -0.2) is 24.2 Å². The fourth-order valence-corrected chi connectivity index (χ4v) is 3.85. The second-order valence-electron chi connectivity index (χ2n) is 8.95. The van der Waals surface area contributed by atoms with Gasteiger partial charge in [0.25, 0.3) is 0 Å². The van der Waals surface area contributed by atoms with E-state index < -0.39 is 5.97 Å². The van der Waals surface area contributed by atoms with Crippen LogP contribution in [0.2, 0.25) is 0 Å². The number of halogens is 1. The summed E-state index contributed by atoms with van der Waals surface area (Å²) in [6.07, 6.45) is 2.97. The molecule has 0 heterocycles. The van der Waals surface area contributed by atoms with Crippen LogP contribution >= 0.6 is 12.4 Å². The number of hydrogen-bond acceptors (Lipinski definition) is 3. The molecule has 158 valence electrons. The molecule has 0 aliphatic heterocycles. The predicted molar refractivity (Wildman–Crippen MR) is 119 cm³/mol. The maximum atomic E-state index is 11.1. The second kappa shape index (κ2) is 10.1. The first-order chi connectivity index (χ1) is 13.3. The molecule has 1 aliphatic rings. The van der Waals surface area contributed by atoms with Crippen LogP contribution in [0.15, 0.2) is 48.5 Å². The van der Waals surface area contributed by atoms with E-state index in [1.54, 1.807) is 0 Å². The van der Waals surface area contributed by atoms with Crippen molar-refractivity contribution in [1.82, 2.24) is 5.32 Å². The van der Waals surface area contributed by atoms with Gasteiger partial charge in [-0.2, -0.15) is 0 Å². The van der Waals surface area contributed by atoms with Crippen molar-refractivity contribution in [3.63, 3.8) is 0 Å². The molecular weight excluding hydrogens is 386 g/mol. The molecule has 2 unspecified atom stereocenters. The lowest BCUT2D eigenvalue weighted by atomic mass is 9.78. The van der Waals surface area contributed by atoms with Gasteiger partial charge in [-0.1, -0.05) is 57.2 Å². The number of aliphatic carboxylic acids is 1. The maximum Gasteiger partial charge on any atom is 0.317 e. The molecule has 0 fully saturated rings. The lowest BCUT2D eigenvalue weighted by Crippen LogP contribution is -2.35. The van der Waals surface area contributed by atoms with E-state index in [2.05, 4.69) is 56.4 Å². The molecule has 0 aromatic heterocycles. The van der Waals surface area contributed by atoms with Gasteiger partial charge in [0, 0.05) is 6.04 Å². The highest BCUT2D eigenvalue weighted by Gasteiger charge is 2.28. The predicted octanol–water partition coefficient (Wildman–Crippen LogP) is 5.05. The van der Waals surface area contributed by atoms with Gasteiger partial charge in [0.15, 0.2) is 0 Å². The largest absolute Gasteiger partial charge is 0.493 e. The molecule has 0 amide bonds. The van der Waals surface area contributed by atoms with Crippen molar-refractivity contribution in [3.8, 4) is 5.75 Å². The first-order valence-electron chi connectivity index (χ1n) is 10.1. The van der Waals surface area contributed by atoms with Crippen molar-refractivity contribution < 1.29 is 14.6 Å². The SMILES string of the molecule is CC(C)(C)COc1ccc2c(c1)CCC(C(NCC(=O)O)c1ccccc1)C2.Cl. The van der Waals surface area contributed by atoms with Crippen molar-refractivity contribution in [2.24, 2.45) is 11.3 Å². The quantitative estimate of drug-likeness (QED) is 0.661. The molecule has 5 heteroatoms. The van der Waals surface area contributed by atoms with E-state index in [4.69, 9.17) is 9.84 Å². The minimum absolute atomic E-state index is 0. The normalized spacial score (nSPS) is 17.0. The monoisotopic (exact) mass is 417 g/mol. The summed E-state index contributed by atoms with van der Waals surface area (Å²) in [7, 11) is 0. The fourth-order valence-electron chi connectivity index (χ4n) is 3.85. The first-order valence-corrected chi connectivity index (χ1v) is 10.1. The Bertz CT molecular complexity index is 802. The van der Waals surface area contributed by atoms with E-state index in [9.17, 15) is 4.79 Å². The summed E-state index contributed by atoms with van der Waals surface area (Å²) in [6, 6.07) is 16.7. The van der Waals surface area contributed by atoms with Gasteiger partial charge < -0.3 is 9.84 Å². The lowest BCUT2D eigenvalue weighted by Gasteiger charge is -2.32. The highest BCUT2D eigenvalue weighted by molar-refractivity contribution is 5.85. The Morgan fingerprint density at radius 1 is 1.17 bits per heavy atom. The molecule has 2 N–H and O–H groups in total. The van der Waals surface area contributed by atoms with Crippen LogP contribution < -0.4 is 10.1 Å². The van der Waals surface area contributed by atoms with Crippen molar-refractivity contribution >= 4 is 18.4 Å². The smallest absolute Gasteiger partial charge is 0.317 e. The molecule has 2 aromatic carbocycles. The van der Waals surface area contributed by atoms with Gasteiger partial charge in [-0.15, -0.1) is 12.4 Å². The Morgan fingerprint density at radius 2 is 1.90 bits per heavy atom. The zero-order valence-corrected chi connectivity index (χ0v) is 18.3. The van der Waals surface area contributed by atoms with Crippen molar-refractivity contribution in [3.05, 3.63) is 65.2 Å². The van der Waals surface area contributed by atoms with Crippen molar-refractivity contribution in [2.75, 3.05) is 13.2 Å². The molecule has 0 saturated heterocycles. The third kappa shape index (κ3) is 6.76. The van der Waals surface area contributed by atoms with E-state index in [1.807, 2.05) is 18.2 Å². The van der Waals surface area contributed by atoms with E-state index in [-0.39, 0.29) is 30.4 Å². The highest BCUT2D eigenvalue weighted by atomic mass is 35.5. The average Bonchev–Trinajstić information content (AvgIpc) is 2.66. The van der Waals surface area contributed by atoms with Gasteiger partial charge in [-0.25, -0.2) is 0 Å². The van der Waals surface area contributed by atoms with E-state index in [0.29, 0.717) is 12.5 Å². The molecule has 4 nitrogen and oxygen atoms in total. The molecule has 0 spiro atoms. The van der Waals surface area contributed by atoms with Crippen LogP contribution in [0.3, 0.4) is 0 Å². The number of carbonyl (C=O) groups is 1. The lowest BCUT2D eigenvalue weighted by molar-refractivity contribution is -0.136. The molecule has 0 bridgehead atoms. The average molecular weight is 418 g/mol. The molecule has 1 aliphatic carbocycles. The third-order valence-corrected chi connectivity index (χ3v) is 5.22. The van der Waals surface area contributed by atoms with Crippen molar-refractivity contribution in [1.29, 1.82) is 0 Å².